The summed E-state index contributed by atoms with van der Waals surface area (Å²) in [5.41, 5.74) is 0.273. The maximum Gasteiger partial charge on any atom is 0.133 e. The Hall–Kier alpha value is -0.590. The van der Waals surface area contributed by atoms with Crippen LogP contribution in [0.3, 0.4) is 0 Å². The largest absolute Gasteiger partial charge is 0.300 e. The lowest BCUT2D eigenvalue weighted by Crippen LogP contribution is -2.27. The molecule has 12 heavy (non-hydrogen) atoms. The Morgan fingerprint density at radius 3 is 2.25 bits per heavy atom. The molecule has 0 aromatic carbocycles. The first-order valence-electron chi connectivity index (χ1n) is 4.51. The van der Waals surface area contributed by atoms with Crippen molar-refractivity contribution in [1.29, 1.82) is 0 Å². The van der Waals surface area contributed by atoms with Gasteiger partial charge in [0, 0.05) is 12.8 Å². The number of carbonyl (C=O) groups excluding carboxylic acids is 1. The van der Waals surface area contributed by atoms with Crippen molar-refractivity contribution in [2.24, 2.45) is 11.3 Å². The molecule has 1 saturated carbocycles. The number of Topliss-reactive ketones (excluding diaryl/α,β-unsaturated/α-hetero) is 1. The highest BCUT2D eigenvalue weighted by Crippen LogP contribution is 2.36. The molecule has 1 rings (SSSR count). The van der Waals surface area contributed by atoms with Gasteiger partial charge in [-0.05, 0) is 17.8 Å². The van der Waals surface area contributed by atoms with Crippen LogP contribution in [0.5, 0.6) is 0 Å². The van der Waals surface area contributed by atoms with E-state index in [0.717, 1.165) is 12.8 Å². The van der Waals surface area contributed by atoms with Gasteiger partial charge in [0.25, 0.3) is 0 Å². The van der Waals surface area contributed by atoms with Gasteiger partial charge >= 0.3 is 0 Å². The van der Waals surface area contributed by atoms with Crippen molar-refractivity contribution >= 4 is 5.78 Å². The third-order valence-corrected chi connectivity index (χ3v) is 2.15. The Morgan fingerprint density at radius 2 is 1.92 bits per heavy atom. The third kappa shape index (κ3) is 3.70. The van der Waals surface area contributed by atoms with E-state index in [1.807, 2.05) is 0 Å². The Kier molecular flexibility index (Phi) is 4.22. The lowest BCUT2D eigenvalue weighted by Gasteiger charge is -2.32. The van der Waals surface area contributed by atoms with E-state index in [1.54, 1.807) is 0 Å². The maximum absolute atomic E-state index is 11.1. The fourth-order valence-electron chi connectivity index (χ4n) is 2.08. The molecule has 1 aliphatic carbocycles. The molecule has 0 heterocycles. The van der Waals surface area contributed by atoms with Gasteiger partial charge in [0.1, 0.15) is 5.78 Å². The highest BCUT2D eigenvalue weighted by atomic mass is 16.1. The topological polar surface area (TPSA) is 17.1 Å². The number of ketones is 1. The van der Waals surface area contributed by atoms with Gasteiger partial charge in [-0.3, -0.25) is 4.79 Å². The van der Waals surface area contributed by atoms with E-state index in [2.05, 4.69) is 33.9 Å². The molecule has 0 spiro atoms. The minimum absolute atomic E-state index is 0.273. The van der Waals surface area contributed by atoms with Crippen molar-refractivity contribution < 1.29 is 4.79 Å². The van der Waals surface area contributed by atoms with Gasteiger partial charge in [-0.25, -0.2) is 0 Å². The Labute approximate surface area is 75.9 Å². The first kappa shape index (κ1) is 11.4. The molecule has 0 aromatic heterocycles. The Balaban J connectivity index is 0.000000561. The molecule has 0 aromatic rings. The summed E-state index contributed by atoms with van der Waals surface area (Å²) in [6.07, 6.45) is 2.81. The standard InChI is InChI=1S/C9H16O.C2H4/c1-7-4-8(10)6-9(2,3)5-7;1-2/h7H,4-6H2,1-3H3;1-2H2. The molecule has 1 aliphatic rings. The van der Waals surface area contributed by atoms with Gasteiger partial charge < -0.3 is 0 Å². The van der Waals surface area contributed by atoms with Crippen LogP contribution in [0, 0.1) is 11.3 Å². The second-order valence-electron chi connectivity index (χ2n) is 4.39. The van der Waals surface area contributed by atoms with Crippen LogP contribution in [-0.2, 0) is 4.79 Å². The lowest BCUT2D eigenvalue weighted by atomic mass is 9.72. The summed E-state index contributed by atoms with van der Waals surface area (Å²) in [6, 6.07) is 0. The van der Waals surface area contributed by atoms with Gasteiger partial charge in [-0.2, -0.15) is 0 Å². The molecule has 0 amide bonds. The molecule has 0 bridgehead atoms. The van der Waals surface area contributed by atoms with Crippen LogP contribution in [0.2, 0.25) is 0 Å². The third-order valence-electron chi connectivity index (χ3n) is 2.15. The zero-order chi connectivity index (χ0) is 9.78. The quantitative estimate of drug-likeness (QED) is 0.508. The van der Waals surface area contributed by atoms with E-state index < -0.39 is 0 Å². The van der Waals surface area contributed by atoms with E-state index >= 15 is 0 Å². The van der Waals surface area contributed by atoms with Gasteiger partial charge in [-0.1, -0.05) is 20.8 Å². The SMILES string of the molecule is C=C.CC1CC(=O)CC(C)(C)C1. The fraction of sp³-hybridized carbons (Fsp3) is 0.727. The molecule has 1 fully saturated rings. The minimum atomic E-state index is 0.273. The summed E-state index contributed by atoms with van der Waals surface area (Å²) in [5.74, 6) is 1.06. The van der Waals surface area contributed by atoms with Crippen LogP contribution in [-0.4, -0.2) is 5.78 Å². The molecule has 0 radical (unpaired) electrons. The van der Waals surface area contributed by atoms with E-state index in [4.69, 9.17) is 0 Å². The van der Waals surface area contributed by atoms with Crippen molar-refractivity contribution in [3.63, 3.8) is 0 Å². The van der Waals surface area contributed by atoms with E-state index in [0.29, 0.717) is 11.7 Å². The molecule has 0 saturated heterocycles. The van der Waals surface area contributed by atoms with Crippen molar-refractivity contribution in [3.05, 3.63) is 13.2 Å². The van der Waals surface area contributed by atoms with Crippen LogP contribution in [0.15, 0.2) is 13.2 Å². The Bertz CT molecular complexity index is 158. The summed E-state index contributed by atoms with van der Waals surface area (Å²) in [6.45, 7) is 12.5. The lowest BCUT2D eigenvalue weighted by molar-refractivity contribution is -0.124. The monoisotopic (exact) mass is 168 g/mol. The highest BCUT2D eigenvalue weighted by Gasteiger charge is 2.30. The van der Waals surface area contributed by atoms with Crippen LogP contribution < -0.4 is 0 Å². The first-order chi connectivity index (χ1) is 5.49. The highest BCUT2D eigenvalue weighted by molar-refractivity contribution is 5.80. The molecular formula is C11H20O. The molecule has 1 unspecified atom stereocenters. The molecule has 1 nitrogen and oxygen atoms in total. The van der Waals surface area contributed by atoms with Gasteiger partial charge in [0.2, 0.25) is 0 Å². The predicted octanol–water partition coefficient (Wildman–Crippen LogP) is 3.20. The summed E-state index contributed by atoms with van der Waals surface area (Å²) in [5, 5.41) is 0. The molecule has 0 aliphatic heterocycles. The maximum atomic E-state index is 11.1. The van der Waals surface area contributed by atoms with Gasteiger partial charge in [-0.15, -0.1) is 13.2 Å². The summed E-state index contributed by atoms with van der Waals surface area (Å²) < 4.78 is 0. The zero-order valence-electron chi connectivity index (χ0n) is 8.52. The van der Waals surface area contributed by atoms with Crippen molar-refractivity contribution in [2.75, 3.05) is 0 Å². The van der Waals surface area contributed by atoms with Crippen molar-refractivity contribution in [3.8, 4) is 0 Å². The average Bonchev–Trinajstić information content (AvgIpc) is 1.85. The molecule has 70 valence electrons. The zero-order valence-corrected chi connectivity index (χ0v) is 8.52. The summed E-state index contributed by atoms with van der Waals surface area (Å²) in [4.78, 5) is 11.1. The normalized spacial score (nSPS) is 27.2. The average molecular weight is 168 g/mol. The van der Waals surface area contributed by atoms with Gasteiger partial charge in [0.05, 0.1) is 0 Å². The summed E-state index contributed by atoms with van der Waals surface area (Å²) in [7, 11) is 0. The molecule has 1 heteroatoms. The Morgan fingerprint density at radius 1 is 1.42 bits per heavy atom. The van der Waals surface area contributed by atoms with Crippen molar-refractivity contribution in [1.82, 2.24) is 0 Å². The predicted molar refractivity (Wildman–Crippen MR) is 53.1 cm³/mol. The smallest absolute Gasteiger partial charge is 0.133 e. The number of hydrogen-bond acceptors (Lipinski definition) is 1. The van der Waals surface area contributed by atoms with Gasteiger partial charge in [0.15, 0.2) is 0 Å². The van der Waals surface area contributed by atoms with Crippen LogP contribution in [0.25, 0.3) is 0 Å². The van der Waals surface area contributed by atoms with Crippen LogP contribution in [0.4, 0.5) is 0 Å². The second-order valence-corrected chi connectivity index (χ2v) is 4.39. The van der Waals surface area contributed by atoms with E-state index in [1.165, 1.54) is 6.42 Å². The number of rotatable bonds is 0. The summed E-state index contributed by atoms with van der Waals surface area (Å²) >= 11 is 0. The molecular weight excluding hydrogens is 148 g/mol. The van der Waals surface area contributed by atoms with Crippen molar-refractivity contribution in [2.45, 2.75) is 40.0 Å². The second kappa shape index (κ2) is 4.44. The van der Waals surface area contributed by atoms with Crippen LogP contribution >= 0.6 is 0 Å². The van der Waals surface area contributed by atoms with E-state index in [-0.39, 0.29) is 5.41 Å². The molecule has 0 N–H and O–H groups in total. The fourth-order valence-corrected chi connectivity index (χ4v) is 2.08. The van der Waals surface area contributed by atoms with Crippen LogP contribution in [0.1, 0.15) is 40.0 Å². The number of carbonyl (C=O) groups is 1. The minimum Gasteiger partial charge on any atom is -0.300 e. The molecule has 1 atom stereocenters. The van der Waals surface area contributed by atoms with E-state index in [9.17, 15) is 4.79 Å². The first-order valence-corrected chi connectivity index (χ1v) is 4.51. The number of hydrogen-bond donors (Lipinski definition) is 0.